The molecule has 1 heterocycles. The van der Waals surface area contributed by atoms with Crippen LogP contribution in [0.4, 0.5) is 0 Å². The van der Waals surface area contributed by atoms with E-state index in [0.717, 1.165) is 5.56 Å². The fourth-order valence-corrected chi connectivity index (χ4v) is 2.26. The highest BCUT2D eigenvalue weighted by atomic mass is 79.9. The smallest absolute Gasteiger partial charge is 0.255 e. The van der Waals surface area contributed by atoms with Crippen LogP contribution in [0.5, 0.6) is 0 Å². The number of benzene rings is 1. The van der Waals surface area contributed by atoms with Crippen LogP contribution >= 0.6 is 27.5 Å². The fourth-order valence-electron chi connectivity index (χ4n) is 1.74. The number of hydrogen-bond donors (Lipinski definition) is 2. The van der Waals surface area contributed by atoms with Crippen molar-refractivity contribution in [1.82, 2.24) is 10.3 Å². The van der Waals surface area contributed by atoms with E-state index >= 15 is 0 Å². The molecule has 20 heavy (non-hydrogen) atoms. The minimum atomic E-state index is -0.487. The number of aliphatic hydroxyl groups is 1. The number of rotatable bonds is 4. The van der Waals surface area contributed by atoms with Gasteiger partial charge in [-0.1, -0.05) is 41.9 Å². The molecule has 0 unspecified atom stereocenters. The second-order valence-electron chi connectivity index (χ2n) is 4.11. The lowest BCUT2D eigenvalue weighted by Gasteiger charge is -2.17. The molecule has 0 saturated heterocycles. The zero-order valence-corrected chi connectivity index (χ0v) is 12.7. The number of halogens is 2. The lowest BCUT2D eigenvalue weighted by Crippen LogP contribution is -2.31. The Hall–Kier alpha value is -1.43. The van der Waals surface area contributed by atoms with Crippen molar-refractivity contribution in [2.24, 2.45) is 0 Å². The number of carbonyl (C=O) groups is 1. The number of nitrogens with zero attached hydrogens (tertiary/aromatic N) is 1. The third-order valence-corrected chi connectivity index (χ3v) is 3.48. The van der Waals surface area contributed by atoms with E-state index in [0.29, 0.717) is 4.47 Å². The maximum absolute atomic E-state index is 12.2. The average molecular weight is 356 g/mol. The zero-order valence-electron chi connectivity index (χ0n) is 10.4. The summed E-state index contributed by atoms with van der Waals surface area (Å²) in [6.07, 6.45) is 1.51. The molecule has 2 N–H and O–H groups in total. The number of aliphatic hydroxyl groups excluding tert-OH is 1. The molecule has 1 aromatic carbocycles. The maximum Gasteiger partial charge on any atom is 0.255 e. The molecule has 0 aliphatic rings. The van der Waals surface area contributed by atoms with Crippen molar-refractivity contribution < 1.29 is 9.90 Å². The molecule has 104 valence electrons. The first-order valence-electron chi connectivity index (χ1n) is 5.89. The second-order valence-corrected chi connectivity index (χ2v) is 5.38. The van der Waals surface area contributed by atoms with Crippen LogP contribution in [0.15, 0.2) is 47.1 Å². The molecule has 1 amide bonds. The molecule has 2 rings (SSSR count). The minimum absolute atomic E-state index is 0.121. The van der Waals surface area contributed by atoms with Crippen LogP contribution in [0.2, 0.25) is 5.15 Å². The summed E-state index contributed by atoms with van der Waals surface area (Å²) in [7, 11) is 0. The molecule has 1 aromatic heterocycles. The van der Waals surface area contributed by atoms with Gasteiger partial charge < -0.3 is 10.4 Å². The predicted octanol–water partition coefficient (Wildman–Crippen LogP) is 2.96. The molecule has 0 saturated carbocycles. The highest BCUT2D eigenvalue weighted by molar-refractivity contribution is 9.10. The van der Waals surface area contributed by atoms with Crippen molar-refractivity contribution in [3.8, 4) is 0 Å². The van der Waals surface area contributed by atoms with Crippen LogP contribution in [-0.4, -0.2) is 22.6 Å². The first-order chi connectivity index (χ1) is 9.61. The molecule has 0 bridgehead atoms. The Bertz CT molecular complexity index is 607. The third-order valence-electron chi connectivity index (χ3n) is 2.74. The SMILES string of the molecule is O=C(N[C@H](CO)c1ccccc1)c1cc(Br)cnc1Cl. The Morgan fingerprint density at radius 1 is 1.40 bits per heavy atom. The van der Waals surface area contributed by atoms with E-state index in [1.165, 1.54) is 6.20 Å². The van der Waals surface area contributed by atoms with Crippen LogP contribution in [0.25, 0.3) is 0 Å². The summed E-state index contributed by atoms with van der Waals surface area (Å²) < 4.78 is 0.660. The molecule has 0 fully saturated rings. The van der Waals surface area contributed by atoms with Gasteiger partial charge in [0.05, 0.1) is 18.2 Å². The number of aromatic nitrogens is 1. The van der Waals surface area contributed by atoms with Gasteiger partial charge in [-0.25, -0.2) is 4.98 Å². The van der Waals surface area contributed by atoms with Crippen molar-refractivity contribution in [2.45, 2.75) is 6.04 Å². The minimum Gasteiger partial charge on any atom is -0.394 e. The fraction of sp³-hybridized carbons (Fsp3) is 0.143. The topological polar surface area (TPSA) is 62.2 Å². The van der Waals surface area contributed by atoms with Gasteiger partial charge in [0.15, 0.2) is 0 Å². The molecule has 0 spiro atoms. The molecule has 0 aliphatic carbocycles. The van der Waals surface area contributed by atoms with Crippen LogP contribution < -0.4 is 5.32 Å². The van der Waals surface area contributed by atoms with Gasteiger partial charge in [0.25, 0.3) is 5.91 Å². The molecular weight excluding hydrogens is 344 g/mol. The van der Waals surface area contributed by atoms with E-state index < -0.39 is 6.04 Å². The van der Waals surface area contributed by atoms with E-state index in [1.807, 2.05) is 30.3 Å². The van der Waals surface area contributed by atoms with Crippen LogP contribution in [0.3, 0.4) is 0 Å². The number of hydrogen-bond acceptors (Lipinski definition) is 3. The summed E-state index contributed by atoms with van der Waals surface area (Å²) in [6.45, 7) is -0.200. The lowest BCUT2D eigenvalue weighted by molar-refractivity contribution is 0.0916. The van der Waals surface area contributed by atoms with E-state index in [-0.39, 0.29) is 23.2 Å². The normalized spacial score (nSPS) is 11.9. The summed E-state index contributed by atoms with van der Waals surface area (Å²) in [4.78, 5) is 16.1. The monoisotopic (exact) mass is 354 g/mol. The van der Waals surface area contributed by atoms with E-state index in [2.05, 4.69) is 26.2 Å². The van der Waals surface area contributed by atoms with Gasteiger partial charge in [-0.15, -0.1) is 0 Å². The van der Waals surface area contributed by atoms with Crippen molar-refractivity contribution in [3.05, 3.63) is 63.3 Å². The van der Waals surface area contributed by atoms with E-state index in [9.17, 15) is 9.90 Å². The van der Waals surface area contributed by atoms with Gasteiger partial charge in [0.2, 0.25) is 0 Å². The maximum atomic E-state index is 12.2. The summed E-state index contributed by atoms with van der Waals surface area (Å²) in [6, 6.07) is 10.3. The number of carbonyl (C=O) groups excluding carboxylic acids is 1. The Morgan fingerprint density at radius 2 is 2.10 bits per heavy atom. The van der Waals surface area contributed by atoms with E-state index in [1.54, 1.807) is 6.07 Å². The van der Waals surface area contributed by atoms with Crippen LogP contribution in [0.1, 0.15) is 22.0 Å². The zero-order chi connectivity index (χ0) is 14.5. The molecule has 1 atom stereocenters. The Morgan fingerprint density at radius 3 is 2.75 bits per heavy atom. The third kappa shape index (κ3) is 3.56. The number of nitrogens with one attached hydrogen (secondary N) is 1. The summed E-state index contributed by atoms with van der Waals surface area (Å²) >= 11 is 9.15. The van der Waals surface area contributed by atoms with Crippen LogP contribution in [-0.2, 0) is 0 Å². The van der Waals surface area contributed by atoms with Crippen LogP contribution in [0, 0.1) is 0 Å². The highest BCUT2D eigenvalue weighted by Crippen LogP contribution is 2.19. The van der Waals surface area contributed by atoms with Gasteiger partial charge in [-0.05, 0) is 27.6 Å². The molecule has 2 aromatic rings. The number of amides is 1. The van der Waals surface area contributed by atoms with Gasteiger partial charge in [-0.2, -0.15) is 0 Å². The standard InChI is InChI=1S/C14H12BrClN2O2/c15-10-6-11(13(16)17-7-10)14(20)18-12(8-19)9-4-2-1-3-5-9/h1-7,12,19H,8H2,(H,18,20)/t12-/m1/s1. The Kier molecular flexibility index (Phi) is 5.11. The highest BCUT2D eigenvalue weighted by Gasteiger charge is 2.17. The molecule has 6 heteroatoms. The van der Waals surface area contributed by atoms with E-state index in [4.69, 9.17) is 11.6 Å². The van der Waals surface area contributed by atoms with Gasteiger partial charge in [-0.3, -0.25) is 4.79 Å². The molecule has 0 radical (unpaired) electrons. The predicted molar refractivity (Wildman–Crippen MR) is 80.7 cm³/mol. The molecular formula is C14H12BrClN2O2. The van der Waals surface area contributed by atoms with Gasteiger partial charge in [0, 0.05) is 10.7 Å². The summed E-state index contributed by atoms with van der Waals surface area (Å²) in [5, 5.41) is 12.3. The first-order valence-corrected chi connectivity index (χ1v) is 7.06. The Balaban J connectivity index is 2.20. The lowest BCUT2D eigenvalue weighted by atomic mass is 10.1. The first kappa shape index (κ1) is 15.0. The van der Waals surface area contributed by atoms with Gasteiger partial charge in [0.1, 0.15) is 5.15 Å². The van der Waals surface area contributed by atoms with Crippen molar-refractivity contribution >= 4 is 33.4 Å². The van der Waals surface area contributed by atoms with Crippen molar-refractivity contribution in [3.63, 3.8) is 0 Å². The Labute approximate surface area is 129 Å². The van der Waals surface area contributed by atoms with Gasteiger partial charge >= 0.3 is 0 Å². The summed E-state index contributed by atoms with van der Waals surface area (Å²) in [5.41, 5.74) is 1.08. The van der Waals surface area contributed by atoms with Crippen molar-refractivity contribution in [2.75, 3.05) is 6.61 Å². The van der Waals surface area contributed by atoms with Crippen molar-refractivity contribution in [1.29, 1.82) is 0 Å². The molecule has 4 nitrogen and oxygen atoms in total. The average Bonchev–Trinajstić information content (AvgIpc) is 2.48. The second kappa shape index (κ2) is 6.83. The quantitative estimate of drug-likeness (QED) is 0.829. The number of pyridine rings is 1. The largest absolute Gasteiger partial charge is 0.394 e. The summed E-state index contributed by atoms with van der Waals surface area (Å²) in [5.74, 6) is -0.383. The molecule has 0 aliphatic heterocycles.